The molecule has 0 aromatic carbocycles. The predicted molar refractivity (Wildman–Crippen MR) is 45.6 cm³/mol. The van der Waals surface area contributed by atoms with Gasteiger partial charge in [0.05, 0.1) is 12.2 Å². The summed E-state index contributed by atoms with van der Waals surface area (Å²) < 4.78 is 0. The maximum absolute atomic E-state index is 9.50. The molecule has 0 aliphatic carbocycles. The topological polar surface area (TPSA) is 40.5 Å². The Kier molecular flexibility index (Phi) is 2.12. The second-order valence-electron chi connectivity index (χ2n) is 3.50. The molecule has 2 aliphatic rings. The smallest absolute Gasteiger partial charge is 0.0659 e. The van der Waals surface area contributed by atoms with Crippen LogP contribution < -0.4 is 0 Å². The van der Waals surface area contributed by atoms with Gasteiger partial charge in [0, 0.05) is 10.5 Å². The van der Waals surface area contributed by atoms with Gasteiger partial charge in [-0.3, -0.25) is 0 Å². The summed E-state index contributed by atoms with van der Waals surface area (Å²) in [6, 6.07) is 0. The molecule has 0 aromatic heterocycles. The third-order valence-electron chi connectivity index (χ3n) is 2.70. The van der Waals surface area contributed by atoms with Gasteiger partial charge in [-0.1, -0.05) is 0 Å². The molecule has 2 aliphatic heterocycles. The molecule has 2 bridgehead atoms. The average Bonchev–Trinajstić information content (AvgIpc) is 2.02. The van der Waals surface area contributed by atoms with E-state index >= 15 is 0 Å². The van der Waals surface area contributed by atoms with E-state index in [1.807, 2.05) is 0 Å². The Labute approximate surface area is 71.0 Å². The zero-order valence-electron chi connectivity index (χ0n) is 6.44. The quantitative estimate of drug-likeness (QED) is 0.570. The number of rotatable bonds is 0. The highest BCUT2D eigenvalue weighted by molar-refractivity contribution is 8.00. The standard InChI is InChI=1S/C8H14O2S/c9-5-1-3-7-6(10)2-4-8(5)11-7/h5-10H,1-4H2/t5-,6-,7?,8?/m1/s1. The van der Waals surface area contributed by atoms with Crippen LogP contribution in [-0.2, 0) is 0 Å². The molecule has 2 fully saturated rings. The highest BCUT2D eigenvalue weighted by Crippen LogP contribution is 2.41. The molecule has 0 radical (unpaired) electrons. The van der Waals surface area contributed by atoms with Crippen molar-refractivity contribution in [1.29, 1.82) is 0 Å². The zero-order chi connectivity index (χ0) is 7.84. The molecule has 0 aromatic rings. The lowest BCUT2D eigenvalue weighted by Gasteiger charge is -2.40. The van der Waals surface area contributed by atoms with Crippen molar-refractivity contribution in [2.24, 2.45) is 0 Å². The third kappa shape index (κ3) is 1.42. The van der Waals surface area contributed by atoms with Crippen molar-refractivity contribution >= 4 is 11.8 Å². The second-order valence-corrected chi connectivity index (χ2v) is 4.99. The molecular weight excluding hydrogens is 160 g/mol. The summed E-state index contributed by atoms with van der Waals surface area (Å²) in [5, 5.41) is 19.8. The maximum atomic E-state index is 9.50. The number of hydrogen-bond acceptors (Lipinski definition) is 3. The fourth-order valence-electron chi connectivity index (χ4n) is 1.97. The van der Waals surface area contributed by atoms with E-state index in [0.29, 0.717) is 10.5 Å². The van der Waals surface area contributed by atoms with Crippen LogP contribution in [0.25, 0.3) is 0 Å². The Balaban J connectivity index is 2.02. The summed E-state index contributed by atoms with van der Waals surface area (Å²) in [5.74, 6) is 0. The first-order chi connectivity index (χ1) is 5.27. The molecule has 64 valence electrons. The van der Waals surface area contributed by atoms with Crippen molar-refractivity contribution < 1.29 is 10.2 Å². The maximum Gasteiger partial charge on any atom is 0.0659 e. The third-order valence-corrected chi connectivity index (χ3v) is 4.50. The molecule has 2 nitrogen and oxygen atoms in total. The lowest BCUT2D eigenvalue weighted by Crippen LogP contribution is -2.41. The van der Waals surface area contributed by atoms with Crippen LogP contribution in [0.5, 0.6) is 0 Å². The molecule has 2 rings (SSSR count). The lowest BCUT2D eigenvalue weighted by atomic mass is 9.95. The van der Waals surface area contributed by atoms with Gasteiger partial charge in [0.15, 0.2) is 0 Å². The first-order valence-electron chi connectivity index (χ1n) is 4.29. The van der Waals surface area contributed by atoms with Gasteiger partial charge in [-0.15, -0.1) is 11.8 Å². The van der Waals surface area contributed by atoms with Crippen LogP contribution >= 0.6 is 11.8 Å². The SMILES string of the molecule is O[C@@H]1CCC2SC1CC[C@H]2O. The molecular formula is C8H14O2S. The van der Waals surface area contributed by atoms with Crippen LogP contribution in [0, 0.1) is 0 Å². The van der Waals surface area contributed by atoms with E-state index in [0.717, 1.165) is 25.7 Å². The molecule has 2 unspecified atom stereocenters. The zero-order valence-corrected chi connectivity index (χ0v) is 7.26. The van der Waals surface area contributed by atoms with Gasteiger partial charge in [0.2, 0.25) is 0 Å². The van der Waals surface area contributed by atoms with E-state index in [1.165, 1.54) is 0 Å². The molecule has 0 spiro atoms. The van der Waals surface area contributed by atoms with E-state index in [4.69, 9.17) is 0 Å². The van der Waals surface area contributed by atoms with Crippen molar-refractivity contribution in [2.45, 2.75) is 48.4 Å². The first-order valence-corrected chi connectivity index (χ1v) is 5.23. The fraction of sp³-hybridized carbons (Fsp3) is 1.00. The molecule has 3 heteroatoms. The van der Waals surface area contributed by atoms with E-state index < -0.39 is 0 Å². The number of hydrogen-bond donors (Lipinski definition) is 2. The van der Waals surface area contributed by atoms with Gasteiger partial charge in [-0.05, 0) is 25.7 Å². The van der Waals surface area contributed by atoms with Gasteiger partial charge < -0.3 is 10.2 Å². The average molecular weight is 174 g/mol. The Bertz CT molecular complexity index is 135. The van der Waals surface area contributed by atoms with E-state index in [-0.39, 0.29) is 12.2 Å². The second kappa shape index (κ2) is 2.96. The summed E-state index contributed by atoms with van der Waals surface area (Å²) in [6.07, 6.45) is 3.54. The normalized spacial score (nSPS) is 50.7. The van der Waals surface area contributed by atoms with E-state index in [1.54, 1.807) is 11.8 Å². The molecule has 4 atom stereocenters. The highest BCUT2D eigenvalue weighted by Gasteiger charge is 2.37. The molecule has 2 heterocycles. The number of thioether (sulfide) groups is 1. The van der Waals surface area contributed by atoms with Crippen LogP contribution in [-0.4, -0.2) is 32.9 Å². The van der Waals surface area contributed by atoms with Gasteiger partial charge in [0.1, 0.15) is 0 Å². The summed E-state index contributed by atoms with van der Waals surface area (Å²) in [5.41, 5.74) is 0. The van der Waals surface area contributed by atoms with Crippen LogP contribution in [0.15, 0.2) is 0 Å². The van der Waals surface area contributed by atoms with Crippen molar-refractivity contribution in [1.82, 2.24) is 0 Å². The van der Waals surface area contributed by atoms with Crippen LogP contribution in [0.3, 0.4) is 0 Å². The minimum atomic E-state index is -0.108. The Hall–Kier alpha value is 0.270. The predicted octanol–water partition coefficient (Wildman–Crippen LogP) is 0.766. The molecule has 2 N–H and O–H groups in total. The fourth-order valence-corrected chi connectivity index (χ4v) is 3.60. The lowest BCUT2D eigenvalue weighted by molar-refractivity contribution is 0.0913. The number of fused-ring (bicyclic) bond motifs is 2. The monoisotopic (exact) mass is 174 g/mol. The van der Waals surface area contributed by atoms with Crippen molar-refractivity contribution in [3.05, 3.63) is 0 Å². The molecule has 0 saturated carbocycles. The Morgan fingerprint density at radius 2 is 1.27 bits per heavy atom. The summed E-state index contributed by atoms with van der Waals surface area (Å²) >= 11 is 1.79. The molecule has 11 heavy (non-hydrogen) atoms. The Morgan fingerprint density at radius 1 is 0.818 bits per heavy atom. The van der Waals surface area contributed by atoms with Gasteiger partial charge in [-0.25, -0.2) is 0 Å². The first kappa shape index (κ1) is 7.90. The van der Waals surface area contributed by atoms with Crippen LogP contribution in [0.2, 0.25) is 0 Å². The van der Waals surface area contributed by atoms with Gasteiger partial charge in [0.25, 0.3) is 0 Å². The highest BCUT2D eigenvalue weighted by atomic mass is 32.2. The van der Waals surface area contributed by atoms with E-state index in [2.05, 4.69) is 0 Å². The summed E-state index contributed by atoms with van der Waals surface area (Å²) in [7, 11) is 0. The van der Waals surface area contributed by atoms with E-state index in [9.17, 15) is 10.2 Å². The number of aliphatic hydroxyl groups excluding tert-OH is 2. The van der Waals surface area contributed by atoms with Gasteiger partial charge >= 0.3 is 0 Å². The van der Waals surface area contributed by atoms with Gasteiger partial charge in [-0.2, -0.15) is 0 Å². The summed E-state index contributed by atoms with van der Waals surface area (Å²) in [6.45, 7) is 0. The molecule has 0 amide bonds. The number of aliphatic hydroxyl groups is 2. The van der Waals surface area contributed by atoms with Crippen LogP contribution in [0.4, 0.5) is 0 Å². The van der Waals surface area contributed by atoms with Crippen molar-refractivity contribution in [3.63, 3.8) is 0 Å². The largest absolute Gasteiger partial charge is 0.392 e. The minimum absolute atomic E-state index is 0.108. The summed E-state index contributed by atoms with van der Waals surface area (Å²) in [4.78, 5) is 0. The van der Waals surface area contributed by atoms with Crippen molar-refractivity contribution in [2.75, 3.05) is 0 Å². The van der Waals surface area contributed by atoms with Crippen molar-refractivity contribution in [3.8, 4) is 0 Å². The molecule has 2 saturated heterocycles. The minimum Gasteiger partial charge on any atom is -0.392 e. The van der Waals surface area contributed by atoms with Crippen LogP contribution in [0.1, 0.15) is 25.7 Å². The Morgan fingerprint density at radius 3 is 1.73 bits per heavy atom.